The van der Waals surface area contributed by atoms with Crippen LogP contribution in [0.15, 0.2) is 23.6 Å². The minimum atomic E-state index is -4.49. The van der Waals surface area contributed by atoms with Gasteiger partial charge in [0.05, 0.1) is 16.9 Å². The van der Waals surface area contributed by atoms with Crippen molar-refractivity contribution in [3.63, 3.8) is 0 Å². The molecule has 0 unspecified atom stereocenters. The average molecular weight is 431 g/mol. The van der Waals surface area contributed by atoms with Gasteiger partial charge in [-0.2, -0.15) is 13.2 Å². The number of aromatic nitrogens is 1. The van der Waals surface area contributed by atoms with E-state index in [1.165, 1.54) is 22.8 Å². The van der Waals surface area contributed by atoms with Gasteiger partial charge < -0.3 is 16.4 Å². The first kappa shape index (κ1) is 24.5. The normalized spacial score (nSPS) is 10.5. The maximum Gasteiger partial charge on any atom is 0.416 e. The maximum absolute atomic E-state index is 12.9. The molecule has 1 aromatic heterocycles. The van der Waals surface area contributed by atoms with Gasteiger partial charge in [-0.1, -0.05) is 6.92 Å². The first-order valence-electron chi connectivity index (χ1n) is 7.26. The number of nitrogens with one attached hydrogen (secondary N) is 2. The molecule has 0 saturated heterocycles. The topological polar surface area (TPSA) is 80.0 Å². The van der Waals surface area contributed by atoms with E-state index in [1.807, 2.05) is 6.92 Å². The molecule has 11 heteroatoms. The Morgan fingerprint density at radius 2 is 1.96 bits per heavy atom. The predicted octanol–water partition coefficient (Wildman–Crippen LogP) is 4.54. The SMILES string of the molecule is CCCNc1ccc(C(F)(F)F)cc1NC(=O)c1csc(CN)n1.Cl.Cl. The van der Waals surface area contributed by atoms with Crippen LogP contribution in [0.2, 0.25) is 0 Å². The number of hydrogen-bond donors (Lipinski definition) is 3. The Kier molecular flexibility index (Phi) is 9.93. The lowest BCUT2D eigenvalue weighted by atomic mass is 10.1. The number of carbonyl (C=O) groups excluding carboxylic acids is 1. The molecule has 2 rings (SSSR count). The van der Waals surface area contributed by atoms with Gasteiger partial charge in [0.2, 0.25) is 0 Å². The Morgan fingerprint density at radius 3 is 2.50 bits per heavy atom. The van der Waals surface area contributed by atoms with E-state index in [2.05, 4.69) is 15.6 Å². The van der Waals surface area contributed by atoms with Crippen molar-refractivity contribution in [2.75, 3.05) is 17.2 Å². The van der Waals surface area contributed by atoms with Crippen molar-refractivity contribution in [2.45, 2.75) is 26.1 Å². The number of anilines is 2. The largest absolute Gasteiger partial charge is 0.416 e. The highest BCUT2D eigenvalue weighted by Crippen LogP contribution is 2.34. The lowest BCUT2D eigenvalue weighted by Crippen LogP contribution is -2.16. The summed E-state index contributed by atoms with van der Waals surface area (Å²) in [5, 5.41) is 7.58. The van der Waals surface area contributed by atoms with Gasteiger partial charge in [0.15, 0.2) is 0 Å². The van der Waals surface area contributed by atoms with E-state index in [4.69, 9.17) is 5.73 Å². The van der Waals surface area contributed by atoms with Crippen molar-refractivity contribution in [3.05, 3.63) is 39.8 Å². The second-order valence-corrected chi connectivity index (χ2v) is 5.91. The van der Waals surface area contributed by atoms with Crippen molar-refractivity contribution < 1.29 is 18.0 Å². The molecule has 5 nitrogen and oxygen atoms in total. The van der Waals surface area contributed by atoms with Crippen LogP contribution < -0.4 is 16.4 Å². The molecule has 4 N–H and O–H groups in total. The standard InChI is InChI=1S/C15H17F3N4OS.2ClH/c1-2-5-20-10-4-3-9(15(16,17)18)6-11(10)22-14(23)12-8-24-13(7-19)21-12;;/h3-4,6,8,20H,2,5,7,19H2,1H3,(H,22,23);2*1H. The van der Waals surface area contributed by atoms with Crippen LogP contribution >= 0.6 is 36.2 Å². The molecular weight excluding hydrogens is 412 g/mol. The molecule has 0 bridgehead atoms. The van der Waals surface area contributed by atoms with Crippen LogP contribution in [0.25, 0.3) is 0 Å². The van der Waals surface area contributed by atoms with Gasteiger partial charge in [0, 0.05) is 18.5 Å². The smallest absolute Gasteiger partial charge is 0.383 e. The molecule has 0 atom stereocenters. The number of thiazole rings is 1. The summed E-state index contributed by atoms with van der Waals surface area (Å²) in [7, 11) is 0. The predicted molar refractivity (Wildman–Crippen MR) is 103 cm³/mol. The van der Waals surface area contributed by atoms with Crippen molar-refractivity contribution in [2.24, 2.45) is 5.73 Å². The molecule has 0 radical (unpaired) electrons. The molecule has 0 saturated carbocycles. The summed E-state index contributed by atoms with van der Waals surface area (Å²) in [5.74, 6) is -0.579. The number of nitrogens with two attached hydrogens (primary N) is 1. The van der Waals surface area contributed by atoms with Gasteiger partial charge in [-0.3, -0.25) is 4.79 Å². The number of nitrogens with zero attached hydrogens (tertiary/aromatic N) is 1. The summed E-state index contributed by atoms with van der Waals surface area (Å²) in [6.45, 7) is 2.70. The second kappa shape index (κ2) is 10.6. The Bertz CT molecular complexity index is 725. The summed E-state index contributed by atoms with van der Waals surface area (Å²) < 4.78 is 38.7. The van der Waals surface area contributed by atoms with Crippen molar-refractivity contribution in [1.82, 2.24) is 4.98 Å². The lowest BCUT2D eigenvalue weighted by molar-refractivity contribution is -0.137. The van der Waals surface area contributed by atoms with E-state index in [0.717, 1.165) is 18.6 Å². The number of benzene rings is 1. The number of halogens is 5. The van der Waals surface area contributed by atoms with Crippen LogP contribution in [-0.4, -0.2) is 17.4 Å². The molecule has 0 spiro atoms. The second-order valence-electron chi connectivity index (χ2n) is 4.97. The molecule has 0 aliphatic carbocycles. The zero-order chi connectivity index (χ0) is 17.7. The van der Waals surface area contributed by atoms with E-state index in [1.54, 1.807) is 0 Å². The van der Waals surface area contributed by atoms with Crippen LogP contribution in [0.1, 0.15) is 34.4 Å². The molecule has 0 fully saturated rings. The molecule has 1 heterocycles. The third-order valence-corrected chi connectivity index (χ3v) is 3.99. The summed E-state index contributed by atoms with van der Waals surface area (Å²) >= 11 is 1.22. The first-order valence-corrected chi connectivity index (χ1v) is 8.14. The number of carbonyl (C=O) groups is 1. The molecule has 1 amide bonds. The molecule has 2 aromatic rings. The highest BCUT2D eigenvalue weighted by Gasteiger charge is 2.31. The van der Waals surface area contributed by atoms with E-state index in [0.29, 0.717) is 17.2 Å². The summed E-state index contributed by atoms with van der Waals surface area (Å²) in [5.41, 5.74) is 5.22. The fraction of sp³-hybridized carbons (Fsp3) is 0.333. The minimum absolute atomic E-state index is 0. The Morgan fingerprint density at radius 1 is 1.27 bits per heavy atom. The van der Waals surface area contributed by atoms with E-state index >= 15 is 0 Å². The number of amides is 1. The molecule has 0 aliphatic heterocycles. The zero-order valence-corrected chi connectivity index (χ0v) is 16.2. The highest BCUT2D eigenvalue weighted by atomic mass is 35.5. The summed E-state index contributed by atoms with van der Waals surface area (Å²) in [6.07, 6.45) is -3.70. The van der Waals surface area contributed by atoms with Crippen molar-refractivity contribution in [1.29, 1.82) is 0 Å². The number of rotatable bonds is 6. The fourth-order valence-electron chi connectivity index (χ4n) is 1.93. The zero-order valence-electron chi connectivity index (χ0n) is 13.7. The molecule has 146 valence electrons. The monoisotopic (exact) mass is 430 g/mol. The average Bonchev–Trinajstić information content (AvgIpc) is 3.02. The Labute approximate surface area is 165 Å². The van der Waals surface area contributed by atoms with Crippen LogP contribution in [0.3, 0.4) is 0 Å². The Balaban J connectivity index is 0.00000312. The molecule has 0 aliphatic rings. The molecule has 1 aromatic carbocycles. The summed E-state index contributed by atoms with van der Waals surface area (Å²) in [4.78, 5) is 16.2. The van der Waals surface area contributed by atoms with Gasteiger partial charge in [-0.05, 0) is 24.6 Å². The van der Waals surface area contributed by atoms with Crippen molar-refractivity contribution in [3.8, 4) is 0 Å². The van der Waals surface area contributed by atoms with Gasteiger partial charge in [-0.25, -0.2) is 4.98 Å². The van der Waals surface area contributed by atoms with Crippen LogP contribution in [-0.2, 0) is 12.7 Å². The highest BCUT2D eigenvalue weighted by molar-refractivity contribution is 7.09. The van der Waals surface area contributed by atoms with E-state index in [-0.39, 0.29) is 42.7 Å². The van der Waals surface area contributed by atoms with Gasteiger partial charge in [0.1, 0.15) is 10.7 Å². The van der Waals surface area contributed by atoms with Crippen molar-refractivity contribution >= 4 is 53.4 Å². The van der Waals surface area contributed by atoms with Gasteiger partial charge in [-0.15, -0.1) is 36.2 Å². The van der Waals surface area contributed by atoms with E-state index in [9.17, 15) is 18.0 Å². The third kappa shape index (κ3) is 6.31. The summed E-state index contributed by atoms with van der Waals surface area (Å²) in [6, 6.07) is 3.19. The van der Waals surface area contributed by atoms with Gasteiger partial charge >= 0.3 is 6.18 Å². The van der Waals surface area contributed by atoms with E-state index < -0.39 is 17.6 Å². The van der Waals surface area contributed by atoms with Crippen LogP contribution in [0.5, 0.6) is 0 Å². The van der Waals surface area contributed by atoms with Crippen LogP contribution in [0, 0.1) is 0 Å². The number of alkyl halides is 3. The minimum Gasteiger partial charge on any atom is -0.383 e. The first-order chi connectivity index (χ1) is 11.3. The fourth-order valence-corrected chi connectivity index (χ4v) is 2.59. The maximum atomic E-state index is 12.9. The molecular formula is C15H19Cl2F3N4OS. The lowest BCUT2D eigenvalue weighted by Gasteiger charge is -2.15. The Hall–Kier alpha value is -1.55. The number of hydrogen-bond acceptors (Lipinski definition) is 5. The molecule has 26 heavy (non-hydrogen) atoms. The quantitative estimate of drug-likeness (QED) is 0.628. The van der Waals surface area contributed by atoms with Crippen LogP contribution in [0.4, 0.5) is 24.5 Å². The third-order valence-electron chi connectivity index (χ3n) is 3.12. The van der Waals surface area contributed by atoms with Gasteiger partial charge in [0.25, 0.3) is 5.91 Å².